The van der Waals surface area contributed by atoms with E-state index in [1.807, 2.05) is 37.4 Å². The van der Waals surface area contributed by atoms with Gasteiger partial charge in [-0.15, -0.1) is 11.3 Å². The normalized spacial score (nSPS) is 10.8. The van der Waals surface area contributed by atoms with Crippen LogP contribution >= 0.6 is 11.3 Å². The van der Waals surface area contributed by atoms with Crippen molar-refractivity contribution in [1.82, 2.24) is 4.98 Å². The highest BCUT2D eigenvalue weighted by Gasteiger charge is 2.13. The standard InChI is InChI=1S/C21H22N2OS/c1-12-6-7-13(2)18(8-12)20(24)23-21-22-19(11-25-21)17-10-15(4)14(3)9-16(17)5/h6-11H,1-5H3,(H,22,23,24). The largest absolute Gasteiger partial charge is 0.298 e. The highest BCUT2D eigenvalue weighted by atomic mass is 32.1. The Hall–Kier alpha value is -2.46. The van der Waals surface area contributed by atoms with Crippen LogP contribution in [0, 0.1) is 34.6 Å². The molecule has 25 heavy (non-hydrogen) atoms. The van der Waals surface area contributed by atoms with Crippen LogP contribution < -0.4 is 5.32 Å². The van der Waals surface area contributed by atoms with Crippen molar-refractivity contribution in [3.8, 4) is 11.3 Å². The van der Waals surface area contributed by atoms with E-state index in [1.54, 1.807) is 0 Å². The van der Waals surface area contributed by atoms with Crippen LogP contribution in [0.3, 0.4) is 0 Å². The van der Waals surface area contributed by atoms with E-state index < -0.39 is 0 Å². The van der Waals surface area contributed by atoms with Crippen LogP contribution in [0.25, 0.3) is 11.3 Å². The van der Waals surface area contributed by atoms with Crippen LogP contribution in [0.1, 0.15) is 38.2 Å². The summed E-state index contributed by atoms with van der Waals surface area (Å²) in [7, 11) is 0. The lowest BCUT2D eigenvalue weighted by Crippen LogP contribution is -2.13. The van der Waals surface area contributed by atoms with Crippen LogP contribution in [-0.2, 0) is 0 Å². The van der Waals surface area contributed by atoms with Gasteiger partial charge in [0.1, 0.15) is 0 Å². The average molecular weight is 350 g/mol. The molecule has 0 bridgehead atoms. The van der Waals surface area contributed by atoms with Gasteiger partial charge < -0.3 is 0 Å². The molecule has 3 nitrogen and oxygen atoms in total. The molecule has 4 heteroatoms. The average Bonchev–Trinajstić information content (AvgIpc) is 3.01. The summed E-state index contributed by atoms with van der Waals surface area (Å²) in [4.78, 5) is 17.2. The van der Waals surface area contributed by atoms with Gasteiger partial charge in [-0.05, 0) is 69.0 Å². The molecule has 1 heterocycles. The van der Waals surface area contributed by atoms with E-state index in [1.165, 1.54) is 28.0 Å². The Morgan fingerprint density at radius 2 is 1.64 bits per heavy atom. The Bertz CT molecular complexity index is 957. The Morgan fingerprint density at radius 1 is 0.920 bits per heavy atom. The maximum absolute atomic E-state index is 12.6. The van der Waals surface area contributed by atoms with Gasteiger partial charge in [-0.25, -0.2) is 4.98 Å². The maximum atomic E-state index is 12.6. The number of thiazole rings is 1. The molecule has 0 fully saturated rings. The summed E-state index contributed by atoms with van der Waals surface area (Å²) in [6.45, 7) is 10.2. The van der Waals surface area contributed by atoms with Gasteiger partial charge in [-0.3, -0.25) is 10.1 Å². The first-order chi connectivity index (χ1) is 11.8. The van der Waals surface area contributed by atoms with Crippen molar-refractivity contribution in [2.75, 3.05) is 5.32 Å². The smallest absolute Gasteiger partial charge is 0.257 e. The number of hydrogen-bond acceptors (Lipinski definition) is 3. The van der Waals surface area contributed by atoms with Crippen LogP contribution in [0.4, 0.5) is 5.13 Å². The molecular weight excluding hydrogens is 328 g/mol. The van der Waals surface area contributed by atoms with Crippen molar-refractivity contribution < 1.29 is 4.79 Å². The van der Waals surface area contributed by atoms with Crippen LogP contribution in [0.5, 0.6) is 0 Å². The summed E-state index contributed by atoms with van der Waals surface area (Å²) < 4.78 is 0. The third kappa shape index (κ3) is 3.64. The Labute approximate surface area is 152 Å². The number of aryl methyl sites for hydroxylation is 5. The van der Waals surface area contributed by atoms with Gasteiger partial charge in [-0.2, -0.15) is 0 Å². The van der Waals surface area contributed by atoms with Gasteiger partial charge in [0.05, 0.1) is 5.69 Å². The third-order valence-corrected chi connectivity index (χ3v) is 5.24. The Kier molecular flexibility index (Phi) is 4.73. The number of rotatable bonds is 3. The second-order valence-corrected chi connectivity index (χ2v) is 7.42. The van der Waals surface area contributed by atoms with Crippen molar-refractivity contribution in [1.29, 1.82) is 0 Å². The van der Waals surface area contributed by atoms with E-state index in [9.17, 15) is 4.79 Å². The molecule has 0 aliphatic heterocycles. The monoisotopic (exact) mass is 350 g/mol. The summed E-state index contributed by atoms with van der Waals surface area (Å²) in [6, 6.07) is 10.2. The number of benzene rings is 2. The van der Waals surface area contributed by atoms with Crippen molar-refractivity contribution >= 4 is 22.4 Å². The third-order valence-electron chi connectivity index (χ3n) is 4.48. The molecule has 1 amide bonds. The summed E-state index contributed by atoms with van der Waals surface area (Å²) in [5.41, 5.74) is 8.47. The second kappa shape index (κ2) is 6.81. The predicted octanol–water partition coefficient (Wildman–Crippen LogP) is 5.60. The molecule has 3 aromatic rings. The van der Waals surface area contributed by atoms with Gasteiger partial charge in [-0.1, -0.05) is 23.8 Å². The molecule has 1 aromatic heterocycles. The number of nitrogens with zero attached hydrogens (tertiary/aromatic N) is 1. The molecule has 0 atom stereocenters. The fourth-order valence-electron chi connectivity index (χ4n) is 2.84. The fraction of sp³-hybridized carbons (Fsp3) is 0.238. The highest BCUT2D eigenvalue weighted by molar-refractivity contribution is 7.14. The van der Waals surface area contributed by atoms with Gasteiger partial charge in [0.2, 0.25) is 0 Å². The molecule has 0 aliphatic carbocycles. The molecule has 0 spiro atoms. The number of hydrogen-bond donors (Lipinski definition) is 1. The maximum Gasteiger partial charge on any atom is 0.257 e. The van der Waals surface area contributed by atoms with Crippen LogP contribution in [-0.4, -0.2) is 10.9 Å². The van der Waals surface area contributed by atoms with E-state index in [-0.39, 0.29) is 5.91 Å². The summed E-state index contributed by atoms with van der Waals surface area (Å²) in [5, 5.41) is 5.55. The second-order valence-electron chi connectivity index (χ2n) is 6.56. The zero-order chi connectivity index (χ0) is 18.1. The lowest BCUT2D eigenvalue weighted by Gasteiger charge is -2.08. The van der Waals surface area contributed by atoms with Gasteiger partial charge in [0.25, 0.3) is 5.91 Å². The number of carbonyl (C=O) groups is 1. The van der Waals surface area contributed by atoms with Crippen LogP contribution in [0.15, 0.2) is 35.7 Å². The van der Waals surface area contributed by atoms with Crippen molar-refractivity contribution in [2.24, 2.45) is 0 Å². The lowest BCUT2D eigenvalue weighted by atomic mass is 9.99. The number of aromatic nitrogens is 1. The minimum atomic E-state index is -0.112. The van der Waals surface area contributed by atoms with E-state index in [4.69, 9.17) is 0 Å². The molecular formula is C21H22N2OS. The zero-order valence-corrected chi connectivity index (χ0v) is 16.0. The molecule has 2 aromatic carbocycles. The fourth-order valence-corrected chi connectivity index (χ4v) is 3.54. The number of nitrogens with one attached hydrogen (secondary N) is 1. The summed E-state index contributed by atoms with van der Waals surface area (Å²) in [6.07, 6.45) is 0. The highest BCUT2D eigenvalue weighted by Crippen LogP contribution is 2.29. The van der Waals surface area contributed by atoms with Crippen molar-refractivity contribution in [2.45, 2.75) is 34.6 Å². The van der Waals surface area contributed by atoms with Gasteiger partial charge in [0, 0.05) is 16.5 Å². The molecule has 128 valence electrons. The Morgan fingerprint density at radius 3 is 2.40 bits per heavy atom. The molecule has 0 radical (unpaired) electrons. The predicted molar refractivity (Wildman–Crippen MR) is 106 cm³/mol. The molecule has 0 unspecified atom stereocenters. The lowest BCUT2D eigenvalue weighted by molar-refractivity contribution is 0.102. The first-order valence-corrected chi connectivity index (χ1v) is 9.15. The topological polar surface area (TPSA) is 42.0 Å². The molecule has 3 rings (SSSR count). The van der Waals surface area contributed by atoms with Crippen molar-refractivity contribution in [3.05, 3.63) is 69.1 Å². The first kappa shape index (κ1) is 17.4. The number of amides is 1. The quantitative estimate of drug-likeness (QED) is 0.667. The van der Waals surface area contributed by atoms with Crippen LogP contribution in [0.2, 0.25) is 0 Å². The van der Waals surface area contributed by atoms with Crippen molar-refractivity contribution in [3.63, 3.8) is 0 Å². The Balaban J connectivity index is 1.86. The molecule has 1 N–H and O–H groups in total. The SMILES string of the molecule is Cc1ccc(C)c(C(=O)Nc2nc(-c3cc(C)c(C)cc3C)cs2)c1. The minimum absolute atomic E-state index is 0.112. The molecule has 0 saturated heterocycles. The van der Waals surface area contributed by atoms with E-state index in [0.717, 1.165) is 22.4 Å². The summed E-state index contributed by atoms with van der Waals surface area (Å²) in [5.74, 6) is -0.112. The number of anilines is 1. The molecule has 0 saturated carbocycles. The van der Waals surface area contributed by atoms with Gasteiger partial charge in [0.15, 0.2) is 5.13 Å². The van der Waals surface area contributed by atoms with E-state index >= 15 is 0 Å². The first-order valence-electron chi connectivity index (χ1n) is 8.27. The number of carbonyl (C=O) groups excluding carboxylic acids is 1. The summed E-state index contributed by atoms with van der Waals surface area (Å²) >= 11 is 1.45. The zero-order valence-electron chi connectivity index (χ0n) is 15.2. The van der Waals surface area contributed by atoms with E-state index in [0.29, 0.717) is 10.7 Å². The molecule has 0 aliphatic rings. The van der Waals surface area contributed by atoms with Gasteiger partial charge >= 0.3 is 0 Å². The van der Waals surface area contributed by atoms with E-state index in [2.05, 4.69) is 43.2 Å². The minimum Gasteiger partial charge on any atom is -0.298 e.